The molecule has 1 heterocycles. The summed E-state index contributed by atoms with van der Waals surface area (Å²) in [4.78, 5) is 4.36. The first-order chi connectivity index (χ1) is 11.5. The van der Waals surface area contributed by atoms with Gasteiger partial charge in [0.25, 0.3) is 10.0 Å². The Kier molecular flexibility index (Phi) is 4.34. The van der Waals surface area contributed by atoms with Gasteiger partial charge in [0, 0.05) is 10.9 Å². The van der Waals surface area contributed by atoms with E-state index in [1.54, 1.807) is 11.4 Å². The average Bonchev–Trinajstić information content (AvgIpc) is 3.03. The van der Waals surface area contributed by atoms with Crippen LogP contribution in [0, 0.1) is 18.3 Å². The van der Waals surface area contributed by atoms with Gasteiger partial charge in [0.2, 0.25) is 0 Å². The Morgan fingerprint density at radius 3 is 2.62 bits per heavy atom. The lowest BCUT2D eigenvalue weighted by molar-refractivity contribution is 0.601. The third-order valence-electron chi connectivity index (χ3n) is 3.35. The number of sulfonamides is 1. The predicted molar refractivity (Wildman–Crippen MR) is 94.3 cm³/mol. The van der Waals surface area contributed by atoms with E-state index in [2.05, 4.69) is 9.71 Å². The lowest BCUT2D eigenvalue weighted by Crippen LogP contribution is -2.12. The van der Waals surface area contributed by atoms with Crippen molar-refractivity contribution < 1.29 is 8.42 Å². The Labute approximate surface area is 144 Å². The van der Waals surface area contributed by atoms with Crippen LogP contribution in [0.1, 0.15) is 11.1 Å². The van der Waals surface area contributed by atoms with Crippen LogP contribution in [0.25, 0.3) is 11.3 Å². The van der Waals surface area contributed by atoms with Crippen LogP contribution in [0.3, 0.4) is 0 Å². The van der Waals surface area contributed by atoms with Crippen LogP contribution in [0.4, 0.5) is 5.13 Å². The molecule has 0 bridgehead atoms. The van der Waals surface area contributed by atoms with Crippen molar-refractivity contribution in [3.05, 3.63) is 65.0 Å². The fourth-order valence-electron chi connectivity index (χ4n) is 2.08. The van der Waals surface area contributed by atoms with Crippen molar-refractivity contribution in [3.63, 3.8) is 0 Å². The van der Waals surface area contributed by atoms with Gasteiger partial charge in [0.15, 0.2) is 5.13 Å². The van der Waals surface area contributed by atoms with E-state index in [4.69, 9.17) is 5.26 Å². The Hall–Kier alpha value is -2.69. The van der Waals surface area contributed by atoms with Crippen molar-refractivity contribution in [1.29, 1.82) is 5.26 Å². The molecule has 1 aromatic heterocycles. The Bertz CT molecular complexity index is 1020. The second kappa shape index (κ2) is 6.43. The summed E-state index contributed by atoms with van der Waals surface area (Å²) in [6.07, 6.45) is 0. The highest BCUT2D eigenvalue weighted by Crippen LogP contribution is 2.27. The van der Waals surface area contributed by atoms with Gasteiger partial charge in [-0.3, -0.25) is 4.72 Å². The van der Waals surface area contributed by atoms with Crippen LogP contribution in [-0.2, 0) is 10.0 Å². The number of aromatic nitrogens is 1. The molecule has 5 nitrogen and oxygen atoms in total. The molecule has 3 rings (SSSR count). The number of rotatable bonds is 4. The predicted octanol–water partition coefficient (Wildman–Crippen LogP) is 3.79. The van der Waals surface area contributed by atoms with Gasteiger partial charge in [-0.15, -0.1) is 11.3 Å². The third-order valence-corrected chi connectivity index (χ3v) is 5.57. The summed E-state index contributed by atoms with van der Waals surface area (Å²) in [7, 11) is -3.77. The number of nitrogens with zero attached hydrogens (tertiary/aromatic N) is 2. The normalized spacial score (nSPS) is 11.0. The van der Waals surface area contributed by atoms with Gasteiger partial charge in [-0.25, -0.2) is 13.4 Å². The lowest BCUT2D eigenvalue weighted by Gasteiger charge is -2.05. The maximum absolute atomic E-state index is 12.4. The highest BCUT2D eigenvalue weighted by Gasteiger charge is 2.17. The number of nitriles is 1. The zero-order chi connectivity index (χ0) is 17.2. The summed E-state index contributed by atoms with van der Waals surface area (Å²) in [5.41, 5.74) is 3.07. The molecule has 0 saturated carbocycles. The molecule has 0 unspecified atom stereocenters. The molecule has 0 saturated heterocycles. The van der Waals surface area contributed by atoms with E-state index in [0.717, 1.165) is 11.1 Å². The number of hydrogen-bond acceptors (Lipinski definition) is 5. The quantitative estimate of drug-likeness (QED) is 0.772. The molecule has 7 heteroatoms. The van der Waals surface area contributed by atoms with Crippen molar-refractivity contribution in [3.8, 4) is 17.3 Å². The third kappa shape index (κ3) is 3.45. The first-order valence-corrected chi connectivity index (χ1v) is 9.40. The number of hydrogen-bond donors (Lipinski definition) is 1. The summed E-state index contributed by atoms with van der Waals surface area (Å²) in [6.45, 7) is 2.00. The summed E-state index contributed by atoms with van der Waals surface area (Å²) in [5.74, 6) is 0. The largest absolute Gasteiger partial charge is 0.263 e. The van der Waals surface area contributed by atoms with E-state index in [0.29, 0.717) is 5.69 Å². The highest BCUT2D eigenvalue weighted by molar-refractivity contribution is 7.93. The highest BCUT2D eigenvalue weighted by atomic mass is 32.2. The first kappa shape index (κ1) is 16.2. The van der Waals surface area contributed by atoms with E-state index < -0.39 is 10.0 Å². The molecule has 2 aromatic carbocycles. The SMILES string of the molecule is Cc1ccc(-c2csc(NS(=O)(=O)c3cccc(C#N)c3)n2)cc1. The minimum Gasteiger partial charge on any atom is -0.255 e. The lowest BCUT2D eigenvalue weighted by atomic mass is 10.1. The fourth-order valence-corrected chi connectivity index (χ4v) is 4.10. The molecule has 1 N–H and O–H groups in total. The van der Waals surface area contributed by atoms with E-state index >= 15 is 0 Å². The topological polar surface area (TPSA) is 82.9 Å². The Balaban J connectivity index is 1.86. The molecule has 24 heavy (non-hydrogen) atoms. The van der Waals surface area contributed by atoms with Crippen molar-refractivity contribution >= 4 is 26.5 Å². The monoisotopic (exact) mass is 355 g/mol. The van der Waals surface area contributed by atoms with Gasteiger partial charge in [0.1, 0.15) is 0 Å². The molecule has 0 aliphatic rings. The van der Waals surface area contributed by atoms with Crippen molar-refractivity contribution in [2.75, 3.05) is 4.72 Å². The summed E-state index contributed by atoms with van der Waals surface area (Å²) in [6, 6.07) is 15.6. The first-order valence-electron chi connectivity index (χ1n) is 7.03. The van der Waals surface area contributed by atoms with E-state index in [-0.39, 0.29) is 15.6 Å². The summed E-state index contributed by atoms with van der Waals surface area (Å²) >= 11 is 1.21. The van der Waals surface area contributed by atoms with Gasteiger partial charge >= 0.3 is 0 Å². The second-order valence-corrected chi connectivity index (χ2v) is 7.69. The Morgan fingerprint density at radius 2 is 1.92 bits per heavy atom. The van der Waals surface area contributed by atoms with Crippen molar-refractivity contribution in [2.45, 2.75) is 11.8 Å². The molecule has 120 valence electrons. The minimum absolute atomic E-state index is 0.0358. The van der Waals surface area contributed by atoms with Gasteiger partial charge in [-0.05, 0) is 25.1 Å². The molecule has 0 fully saturated rings. The van der Waals surface area contributed by atoms with Crippen LogP contribution >= 0.6 is 11.3 Å². The van der Waals surface area contributed by atoms with Crippen LogP contribution in [-0.4, -0.2) is 13.4 Å². The molecular weight excluding hydrogens is 342 g/mol. The molecule has 0 amide bonds. The second-order valence-electron chi connectivity index (χ2n) is 5.15. The average molecular weight is 355 g/mol. The smallest absolute Gasteiger partial charge is 0.255 e. The molecular formula is C17H13N3O2S2. The van der Waals surface area contributed by atoms with E-state index in [1.165, 1.54) is 29.5 Å². The molecule has 0 aliphatic heterocycles. The minimum atomic E-state index is -3.77. The summed E-state index contributed by atoms with van der Waals surface area (Å²) in [5, 5.41) is 11.0. The number of nitrogens with one attached hydrogen (secondary N) is 1. The fraction of sp³-hybridized carbons (Fsp3) is 0.0588. The van der Waals surface area contributed by atoms with Crippen LogP contribution in [0.5, 0.6) is 0 Å². The molecule has 0 aliphatic carbocycles. The molecule has 3 aromatic rings. The molecule has 0 radical (unpaired) electrons. The maximum atomic E-state index is 12.4. The number of thiazole rings is 1. The molecule has 0 spiro atoms. The van der Waals surface area contributed by atoms with Gasteiger partial charge < -0.3 is 0 Å². The van der Waals surface area contributed by atoms with Gasteiger partial charge in [-0.1, -0.05) is 35.9 Å². The maximum Gasteiger partial charge on any atom is 0.263 e. The zero-order valence-electron chi connectivity index (χ0n) is 12.7. The van der Waals surface area contributed by atoms with E-state index in [1.807, 2.05) is 37.3 Å². The van der Waals surface area contributed by atoms with Gasteiger partial charge in [-0.2, -0.15) is 5.26 Å². The van der Waals surface area contributed by atoms with Crippen molar-refractivity contribution in [1.82, 2.24) is 4.98 Å². The Morgan fingerprint density at radius 1 is 1.17 bits per heavy atom. The van der Waals surface area contributed by atoms with Gasteiger partial charge in [0.05, 0.1) is 22.2 Å². The number of anilines is 1. The molecule has 0 atom stereocenters. The zero-order valence-corrected chi connectivity index (χ0v) is 14.4. The summed E-state index contributed by atoms with van der Waals surface area (Å²) < 4.78 is 27.3. The van der Waals surface area contributed by atoms with Crippen LogP contribution in [0.15, 0.2) is 58.8 Å². The van der Waals surface area contributed by atoms with Crippen molar-refractivity contribution in [2.24, 2.45) is 0 Å². The van der Waals surface area contributed by atoms with Crippen LogP contribution < -0.4 is 4.72 Å². The number of benzene rings is 2. The standard InChI is InChI=1S/C17H13N3O2S2/c1-12-5-7-14(8-6-12)16-11-23-17(19-16)20-24(21,22)15-4-2-3-13(9-15)10-18/h2-9,11H,1H3,(H,19,20). The van der Waals surface area contributed by atoms with E-state index in [9.17, 15) is 8.42 Å². The van der Waals surface area contributed by atoms with Crippen LogP contribution in [0.2, 0.25) is 0 Å². The number of aryl methyl sites for hydroxylation is 1.